The molecule has 0 saturated carbocycles. The third kappa shape index (κ3) is 4.86. The van der Waals surface area contributed by atoms with E-state index in [2.05, 4.69) is 154 Å². The SMILES string of the molecule is c1ccc2cc(-c3ccc(N(c4ccc(-c5cccc6oc7ncccc7c56)cc4)c4ccc5c(c4)oc4cc6cccnc6cc45)cc3)ccc2c1. The van der Waals surface area contributed by atoms with Crippen molar-refractivity contribution < 1.29 is 8.83 Å². The first-order valence-electron chi connectivity index (χ1n) is 17.7. The van der Waals surface area contributed by atoms with Crippen molar-refractivity contribution in [3.05, 3.63) is 176 Å². The number of pyridine rings is 2. The summed E-state index contributed by atoms with van der Waals surface area (Å²) in [5.41, 5.74) is 11.7. The number of fused-ring (bicyclic) bond motifs is 8. The standard InChI is InChI=1S/C48H29N3O2/c1-2-7-33-26-34(13-12-30(33)6-1)31-14-18-36(19-15-31)51(38-22-23-40-42-29-43-35(8-4-24-49-43)27-45(42)52-46(40)28-38)37-20-16-32(17-21-37)39-9-3-11-44-47(39)41-10-5-25-50-48(41)53-44/h1-29H. The van der Waals surface area contributed by atoms with Gasteiger partial charge in [-0.2, -0.15) is 0 Å². The fraction of sp³-hybridized carbons (Fsp3) is 0. The van der Waals surface area contributed by atoms with Crippen LogP contribution in [0.4, 0.5) is 17.1 Å². The zero-order valence-electron chi connectivity index (χ0n) is 28.4. The summed E-state index contributed by atoms with van der Waals surface area (Å²) in [6, 6.07) is 57.6. The maximum Gasteiger partial charge on any atom is 0.227 e. The van der Waals surface area contributed by atoms with E-state index in [9.17, 15) is 0 Å². The summed E-state index contributed by atoms with van der Waals surface area (Å²) >= 11 is 0. The van der Waals surface area contributed by atoms with Crippen LogP contribution in [0, 0.1) is 0 Å². The van der Waals surface area contributed by atoms with Gasteiger partial charge in [0.05, 0.1) is 5.52 Å². The summed E-state index contributed by atoms with van der Waals surface area (Å²) in [5, 5.41) is 7.73. The summed E-state index contributed by atoms with van der Waals surface area (Å²) in [5.74, 6) is 0. The lowest BCUT2D eigenvalue weighted by Crippen LogP contribution is -2.09. The van der Waals surface area contributed by atoms with Crippen molar-refractivity contribution in [3.63, 3.8) is 0 Å². The molecular formula is C48H29N3O2. The number of aromatic nitrogens is 2. The number of furan rings is 2. The van der Waals surface area contributed by atoms with Gasteiger partial charge in [0.25, 0.3) is 0 Å². The van der Waals surface area contributed by atoms with Crippen LogP contribution in [0.2, 0.25) is 0 Å². The number of nitrogens with zero attached hydrogens (tertiary/aromatic N) is 3. The highest BCUT2D eigenvalue weighted by molar-refractivity contribution is 6.12. The molecule has 248 valence electrons. The monoisotopic (exact) mass is 679 g/mol. The van der Waals surface area contributed by atoms with Crippen LogP contribution in [0.15, 0.2) is 185 Å². The Bertz CT molecular complexity index is 3180. The normalized spacial score (nSPS) is 11.8. The second-order valence-electron chi connectivity index (χ2n) is 13.5. The molecule has 0 aliphatic heterocycles. The average Bonchev–Trinajstić information content (AvgIpc) is 3.78. The van der Waals surface area contributed by atoms with Crippen molar-refractivity contribution in [2.45, 2.75) is 0 Å². The van der Waals surface area contributed by atoms with E-state index in [1.165, 1.54) is 16.3 Å². The fourth-order valence-electron chi connectivity index (χ4n) is 7.78. The number of hydrogen-bond acceptors (Lipinski definition) is 5. The highest BCUT2D eigenvalue weighted by atomic mass is 16.3. The molecule has 0 bridgehead atoms. The first-order chi connectivity index (χ1) is 26.2. The van der Waals surface area contributed by atoms with Crippen LogP contribution >= 0.6 is 0 Å². The minimum Gasteiger partial charge on any atom is -0.456 e. The molecule has 11 aromatic rings. The summed E-state index contributed by atoms with van der Waals surface area (Å²) < 4.78 is 12.6. The molecule has 0 unspecified atom stereocenters. The van der Waals surface area contributed by atoms with Gasteiger partial charge in [-0.05, 0) is 112 Å². The summed E-state index contributed by atoms with van der Waals surface area (Å²) in [4.78, 5) is 11.3. The lowest BCUT2D eigenvalue weighted by molar-refractivity contribution is 0.654. The van der Waals surface area contributed by atoms with E-state index >= 15 is 0 Å². The quantitative estimate of drug-likeness (QED) is 0.181. The minimum absolute atomic E-state index is 0.648. The Balaban J connectivity index is 1.04. The largest absolute Gasteiger partial charge is 0.456 e. The first kappa shape index (κ1) is 29.5. The van der Waals surface area contributed by atoms with E-state index in [1.807, 2.05) is 30.5 Å². The second-order valence-corrected chi connectivity index (χ2v) is 13.5. The van der Waals surface area contributed by atoms with Gasteiger partial charge in [-0.3, -0.25) is 4.98 Å². The predicted molar refractivity (Wildman–Crippen MR) is 217 cm³/mol. The molecule has 0 aliphatic carbocycles. The van der Waals surface area contributed by atoms with E-state index in [4.69, 9.17) is 8.83 Å². The highest BCUT2D eigenvalue weighted by Crippen LogP contribution is 2.42. The topological polar surface area (TPSA) is 55.3 Å². The summed E-state index contributed by atoms with van der Waals surface area (Å²) in [6.07, 6.45) is 3.60. The van der Waals surface area contributed by atoms with Gasteiger partial charge in [0.2, 0.25) is 5.71 Å². The third-order valence-corrected chi connectivity index (χ3v) is 10.4. The first-order valence-corrected chi connectivity index (χ1v) is 17.7. The van der Waals surface area contributed by atoms with Gasteiger partial charge >= 0.3 is 0 Å². The van der Waals surface area contributed by atoms with Gasteiger partial charge < -0.3 is 13.7 Å². The van der Waals surface area contributed by atoms with Crippen LogP contribution < -0.4 is 4.90 Å². The molecule has 0 saturated heterocycles. The predicted octanol–water partition coefficient (Wildman–Crippen LogP) is 13.4. The van der Waals surface area contributed by atoms with Crippen molar-refractivity contribution in [3.8, 4) is 22.3 Å². The van der Waals surface area contributed by atoms with Crippen LogP contribution in [0.1, 0.15) is 0 Å². The lowest BCUT2D eigenvalue weighted by Gasteiger charge is -2.26. The maximum absolute atomic E-state index is 6.51. The fourth-order valence-corrected chi connectivity index (χ4v) is 7.78. The van der Waals surface area contributed by atoms with Gasteiger partial charge in [-0.15, -0.1) is 0 Å². The van der Waals surface area contributed by atoms with Crippen LogP contribution in [0.25, 0.3) is 87.9 Å². The van der Waals surface area contributed by atoms with Gasteiger partial charge in [-0.25, -0.2) is 4.98 Å². The van der Waals surface area contributed by atoms with Crippen molar-refractivity contribution in [1.82, 2.24) is 9.97 Å². The molecule has 0 atom stereocenters. The van der Waals surface area contributed by atoms with Gasteiger partial charge in [0.15, 0.2) is 0 Å². The molecule has 0 amide bonds. The number of hydrogen-bond donors (Lipinski definition) is 0. The molecule has 11 rings (SSSR count). The molecule has 5 heteroatoms. The molecule has 0 N–H and O–H groups in total. The Kier molecular flexibility index (Phi) is 6.48. The Morgan fingerprint density at radius 2 is 1.11 bits per heavy atom. The number of rotatable bonds is 5. The van der Waals surface area contributed by atoms with Crippen LogP contribution in [-0.4, -0.2) is 9.97 Å². The lowest BCUT2D eigenvalue weighted by atomic mass is 9.99. The number of benzene rings is 7. The summed E-state index contributed by atoms with van der Waals surface area (Å²) in [7, 11) is 0. The van der Waals surface area contributed by atoms with Crippen molar-refractivity contribution in [1.29, 1.82) is 0 Å². The smallest absolute Gasteiger partial charge is 0.227 e. The second kappa shape index (κ2) is 11.7. The molecule has 4 aromatic heterocycles. The Hall–Kier alpha value is -7.24. The van der Waals surface area contributed by atoms with E-state index in [-0.39, 0.29) is 0 Å². The van der Waals surface area contributed by atoms with E-state index < -0.39 is 0 Å². The minimum atomic E-state index is 0.648. The summed E-state index contributed by atoms with van der Waals surface area (Å²) in [6.45, 7) is 0. The molecular weight excluding hydrogens is 651 g/mol. The Labute approximate surface area is 304 Å². The van der Waals surface area contributed by atoms with Gasteiger partial charge in [0.1, 0.15) is 16.7 Å². The molecule has 0 spiro atoms. The zero-order valence-corrected chi connectivity index (χ0v) is 28.4. The van der Waals surface area contributed by atoms with Crippen LogP contribution in [0.5, 0.6) is 0 Å². The van der Waals surface area contributed by atoms with E-state index in [1.54, 1.807) is 6.20 Å². The van der Waals surface area contributed by atoms with Crippen LogP contribution in [0.3, 0.4) is 0 Å². The molecule has 5 nitrogen and oxygen atoms in total. The van der Waals surface area contributed by atoms with Crippen molar-refractivity contribution in [2.75, 3.05) is 4.90 Å². The van der Waals surface area contributed by atoms with Gasteiger partial charge in [0, 0.05) is 62.5 Å². The van der Waals surface area contributed by atoms with E-state index in [0.717, 1.165) is 82.9 Å². The third-order valence-electron chi connectivity index (χ3n) is 10.4. The van der Waals surface area contributed by atoms with Crippen LogP contribution in [-0.2, 0) is 0 Å². The molecule has 4 heterocycles. The molecule has 0 aliphatic rings. The van der Waals surface area contributed by atoms with Crippen molar-refractivity contribution >= 4 is 82.7 Å². The Morgan fingerprint density at radius 1 is 0.396 bits per heavy atom. The molecule has 0 fully saturated rings. The Morgan fingerprint density at radius 3 is 1.98 bits per heavy atom. The molecule has 7 aromatic carbocycles. The maximum atomic E-state index is 6.51. The number of anilines is 3. The zero-order chi connectivity index (χ0) is 34.9. The van der Waals surface area contributed by atoms with Crippen molar-refractivity contribution in [2.24, 2.45) is 0 Å². The molecule has 53 heavy (non-hydrogen) atoms. The van der Waals surface area contributed by atoms with E-state index in [0.29, 0.717) is 5.71 Å². The highest BCUT2D eigenvalue weighted by Gasteiger charge is 2.18. The molecule has 0 radical (unpaired) electrons. The average molecular weight is 680 g/mol. The van der Waals surface area contributed by atoms with Gasteiger partial charge in [-0.1, -0.05) is 78.9 Å².